The number of hydrogen-bond donors (Lipinski definition) is 0. The first kappa shape index (κ1) is 112. The highest BCUT2D eigenvalue weighted by Crippen LogP contribution is 2.33. The number of rotatable bonds is 13. The molecule has 0 bridgehead atoms. The maximum Gasteiger partial charge on any atom is 0.193 e. The molecular formula is C143H146O3S. The predicted octanol–water partition coefficient (Wildman–Crippen LogP) is 39.6. The quantitative estimate of drug-likeness (QED) is 0.108. The van der Waals surface area contributed by atoms with E-state index < -0.39 is 0 Å². The molecule has 0 saturated heterocycles. The van der Waals surface area contributed by atoms with E-state index in [1.165, 1.54) is 198 Å². The summed E-state index contributed by atoms with van der Waals surface area (Å²) in [5, 5.41) is 5.49. The lowest BCUT2D eigenvalue weighted by molar-refractivity contribution is 0.103. The SMILES string of the molecule is Cc1ccc(-c2ccc(C)c(C)c2)cc1C.Cc1ccc(-c2ccc(C)cc2)cc1.Cc1ccc(-c2ccc(C)cc2C)c(C)c1.Cc1ccc(C(=O)c2ccc(C)cc2)cc1.Cc1ccc(Cc2ccc(C)cc2)cc1.Cc1ccc(Oc2ccc(C)cc2)cc1.Cc1ccc(Sc2ccc(C)cc2)cc1.Cc1cccc(C(=O)c2cccc(C)c2)c1.Cc1cccc2c(C)cccc12.Cc1cccc2cccc(C)c12. The Morgan fingerprint density at radius 3 is 0.769 bits per heavy atom. The van der Waals surface area contributed by atoms with Crippen molar-refractivity contribution in [2.45, 2.75) is 182 Å². The summed E-state index contributed by atoms with van der Waals surface area (Å²) in [7, 11) is 0. The zero-order chi connectivity index (χ0) is 106. The molecule has 3 nitrogen and oxygen atoms in total. The first-order valence-electron chi connectivity index (χ1n) is 51.0. The summed E-state index contributed by atoms with van der Waals surface area (Å²) in [6.45, 7) is 50.7. The molecule has 0 aromatic heterocycles. The standard InChI is InChI=1S/2C16H18.2C15H14O.C15H16.C14H14O.C14H14S.C14H14.2C12H12/c1-11-5-7-15(9-13(11)3)16-8-6-12(2)14(4)10-16;1-11-5-7-15(13(3)9-11)16-8-6-12(2)10-14(16)4;1-11-3-7-13(8-4-11)15(16)14-9-5-12(2)6-10-14;1-11-5-3-7-13(9-11)15(16)14-8-4-6-12(2)10-14;1-12-3-7-14(8-4-12)11-15-9-5-13(2)6-10-15;2*1-11-3-7-13(8-4-11)15-14-9-5-12(2)6-10-14;1-11-3-7-13(8-4-11)14-9-5-12(2)6-10-14;1-9-5-3-8-12-10(2)6-4-7-11(9)12;1-9-5-3-7-11-8-4-6-10(2)12(9)11/h2*5-10H,1-4H3;2*3-10H,1-2H3;3-10H,11H2,1-2H3;2*3-10H,1-2H3;3-10H,1-2H3;2*3-8H,1-2H3. The maximum absolute atomic E-state index is 12.2. The molecule has 0 atom stereocenters. The van der Waals surface area contributed by atoms with Gasteiger partial charge in [0.05, 0.1) is 0 Å². The van der Waals surface area contributed by atoms with Crippen molar-refractivity contribution in [3.63, 3.8) is 0 Å². The van der Waals surface area contributed by atoms with E-state index in [2.05, 4.69) is 430 Å². The summed E-state index contributed by atoms with van der Waals surface area (Å²) in [6, 6.07) is 151. The summed E-state index contributed by atoms with van der Waals surface area (Å²) < 4.78 is 5.69. The maximum atomic E-state index is 12.2. The normalized spacial score (nSPS) is 10.3. The van der Waals surface area contributed by atoms with Crippen molar-refractivity contribution in [1.29, 1.82) is 0 Å². The molecule has 20 rings (SSSR count). The van der Waals surface area contributed by atoms with Crippen LogP contribution in [0.4, 0.5) is 0 Å². The molecule has 0 N–H and O–H groups in total. The van der Waals surface area contributed by atoms with Crippen LogP contribution in [0.15, 0.2) is 447 Å². The largest absolute Gasteiger partial charge is 0.457 e. The number of ether oxygens (including phenoxy) is 1. The number of hydrogen-bond acceptors (Lipinski definition) is 4. The van der Waals surface area contributed by atoms with Crippen LogP contribution in [0.1, 0.15) is 176 Å². The highest BCUT2D eigenvalue weighted by atomic mass is 32.2. The number of fused-ring (bicyclic) bond motifs is 2. The second-order valence-electron chi connectivity index (χ2n) is 39.2. The van der Waals surface area contributed by atoms with Crippen LogP contribution in [-0.2, 0) is 6.42 Å². The zero-order valence-corrected chi connectivity index (χ0v) is 91.7. The molecule has 0 heterocycles. The second kappa shape index (κ2) is 56.0. The topological polar surface area (TPSA) is 43.4 Å². The number of ketones is 2. The van der Waals surface area contributed by atoms with Crippen LogP contribution in [0, 0.1) is 166 Å². The Hall–Kier alpha value is -15.6. The lowest BCUT2D eigenvalue weighted by atomic mass is 9.94. The fraction of sp³-hybridized carbons (Fsp3) is 0.175. The third-order valence-corrected chi connectivity index (χ3v) is 26.9. The molecule has 0 aliphatic carbocycles. The highest BCUT2D eigenvalue weighted by molar-refractivity contribution is 7.99. The Bertz CT molecular complexity index is 6960. The van der Waals surface area contributed by atoms with Gasteiger partial charge in [-0.25, -0.2) is 0 Å². The average Bonchev–Trinajstić information content (AvgIpc) is 0.824. The van der Waals surface area contributed by atoms with Crippen molar-refractivity contribution < 1.29 is 14.3 Å². The molecule has 0 unspecified atom stereocenters. The Morgan fingerprint density at radius 2 is 0.456 bits per heavy atom. The van der Waals surface area contributed by atoms with Crippen LogP contribution < -0.4 is 4.74 Å². The molecule has 0 amide bonds. The molecule has 0 aliphatic rings. The van der Waals surface area contributed by atoms with Crippen LogP contribution >= 0.6 is 11.8 Å². The van der Waals surface area contributed by atoms with Gasteiger partial charge >= 0.3 is 0 Å². The molecule has 4 heteroatoms. The van der Waals surface area contributed by atoms with E-state index >= 15 is 0 Å². The summed E-state index contributed by atoms with van der Waals surface area (Å²) >= 11 is 1.80. The first-order valence-corrected chi connectivity index (χ1v) is 51.8. The predicted molar refractivity (Wildman–Crippen MR) is 636 cm³/mol. The van der Waals surface area contributed by atoms with Crippen LogP contribution in [0.2, 0.25) is 0 Å². The van der Waals surface area contributed by atoms with Crippen LogP contribution in [-0.4, -0.2) is 11.6 Å². The summed E-state index contributed by atoms with van der Waals surface area (Å²) in [5.41, 5.74) is 44.8. The van der Waals surface area contributed by atoms with Gasteiger partial charge in [-0.1, -0.05) is 466 Å². The van der Waals surface area contributed by atoms with Crippen molar-refractivity contribution in [2.24, 2.45) is 0 Å². The van der Waals surface area contributed by atoms with E-state index in [0.29, 0.717) is 0 Å². The molecule has 0 radical (unpaired) electrons. The summed E-state index contributed by atoms with van der Waals surface area (Å²) in [4.78, 5) is 26.8. The summed E-state index contributed by atoms with van der Waals surface area (Å²) in [6.07, 6.45) is 1.03. The molecule has 147 heavy (non-hydrogen) atoms. The van der Waals surface area contributed by atoms with E-state index in [0.717, 1.165) is 51.3 Å². The first-order chi connectivity index (χ1) is 70.5. The Balaban J connectivity index is 0.000000155. The van der Waals surface area contributed by atoms with Gasteiger partial charge in [0, 0.05) is 32.0 Å². The second-order valence-corrected chi connectivity index (χ2v) is 40.3. The monoisotopic (exact) mass is 1940 g/mol. The third-order valence-electron chi connectivity index (χ3n) is 25.9. The number of aryl methyl sites for hydroxylation is 24. The van der Waals surface area contributed by atoms with Gasteiger partial charge in [0.15, 0.2) is 11.6 Å². The fourth-order valence-electron chi connectivity index (χ4n) is 16.6. The van der Waals surface area contributed by atoms with Gasteiger partial charge in [0.2, 0.25) is 0 Å². The van der Waals surface area contributed by atoms with E-state index in [4.69, 9.17) is 4.74 Å². The van der Waals surface area contributed by atoms with Gasteiger partial charge in [-0.05, 0) is 355 Å². The molecule has 20 aromatic rings. The van der Waals surface area contributed by atoms with Crippen molar-refractivity contribution in [2.75, 3.05) is 0 Å². The van der Waals surface area contributed by atoms with E-state index in [9.17, 15) is 9.59 Å². The molecular weight excluding hydrogens is 1800 g/mol. The van der Waals surface area contributed by atoms with E-state index in [-0.39, 0.29) is 11.6 Å². The zero-order valence-electron chi connectivity index (χ0n) is 90.9. The minimum Gasteiger partial charge on any atom is -0.457 e. The van der Waals surface area contributed by atoms with Crippen LogP contribution in [0.3, 0.4) is 0 Å². The van der Waals surface area contributed by atoms with E-state index in [1.54, 1.807) is 11.8 Å². The van der Waals surface area contributed by atoms with Gasteiger partial charge in [0.25, 0.3) is 0 Å². The van der Waals surface area contributed by atoms with Gasteiger partial charge in [-0.3, -0.25) is 9.59 Å². The lowest BCUT2D eigenvalue weighted by Gasteiger charge is -2.10. The molecule has 742 valence electrons. The van der Waals surface area contributed by atoms with Crippen LogP contribution in [0.25, 0.3) is 54.9 Å². The fourth-order valence-corrected chi connectivity index (χ4v) is 17.4. The molecule has 20 aromatic carbocycles. The molecule has 0 fully saturated rings. The van der Waals surface area contributed by atoms with Gasteiger partial charge in [-0.15, -0.1) is 0 Å². The number of benzene rings is 20. The molecule has 0 spiro atoms. The smallest absolute Gasteiger partial charge is 0.193 e. The van der Waals surface area contributed by atoms with E-state index in [1.807, 2.05) is 173 Å². The highest BCUT2D eigenvalue weighted by Gasteiger charge is 2.13. The van der Waals surface area contributed by atoms with Crippen molar-refractivity contribution in [3.8, 4) is 44.9 Å². The van der Waals surface area contributed by atoms with Gasteiger partial charge < -0.3 is 4.74 Å². The number of carbonyl (C=O) groups excluding carboxylic acids is 2. The number of carbonyl (C=O) groups is 2. The van der Waals surface area contributed by atoms with Gasteiger partial charge in [0.1, 0.15) is 11.5 Å². The minimum absolute atomic E-state index is 0.0833. The van der Waals surface area contributed by atoms with Crippen LogP contribution in [0.5, 0.6) is 11.5 Å². The minimum atomic E-state index is 0.0833. The van der Waals surface area contributed by atoms with Crippen molar-refractivity contribution >= 4 is 44.9 Å². The Morgan fingerprint density at radius 1 is 0.190 bits per heavy atom. The van der Waals surface area contributed by atoms with Crippen molar-refractivity contribution in [3.05, 3.63) is 604 Å². The summed E-state index contributed by atoms with van der Waals surface area (Å²) in [5.74, 6) is 1.93. The Kier molecular flexibility index (Phi) is 42.6. The molecule has 0 aliphatic heterocycles. The van der Waals surface area contributed by atoms with Crippen molar-refractivity contribution in [1.82, 2.24) is 0 Å². The third kappa shape index (κ3) is 36.0. The lowest BCUT2D eigenvalue weighted by Crippen LogP contribution is -2.01. The molecule has 0 saturated carbocycles. The Labute approximate surface area is 883 Å². The average molecular weight is 1940 g/mol. The van der Waals surface area contributed by atoms with Gasteiger partial charge in [-0.2, -0.15) is 0 Å².